The van der Waals surface area contributed by atoms with Crippen molar-refractivity contribution in [3.63, 3.8) is 0 Å². The largest absolute Gasteiger partial charge is 0.507 e. The van der Waals surface area contributed by atoms with E-state index in [1.54, 1.807) is 12.1 Å². The van der Waals surface area contributed by atoms with Crippen LogP contribution in [0.3, 0.4) is 0 Å². The minimum Gasteiger partial charge on any atom is -0.507 e. The molecule has 2 aromatic carbocycles. The highest BCUT2D eigenvalue weighted by Gasteiger charge is 2.36. The molecule has 0 heterocycles. The molecular formula is C17H13NO4. The maximum Gasteiger partial charge on any atom is 0.198 e. The van der Waals surface area contributed by atoms with Crippen LogP contribution in [0.5, 0.6) is 11.5 Å². The molecule has 0 aromatic heterocycles. The summed E-state index contributed by atoms with van der Waals surface area (Å²) in [6, 6.07) is 6.51. The van der Waals surface area contributed by atoms with Crippen molar-refractivity contribution >= 4 is 11.6 Å². The van der Waals surface area contributed by atoms with Crippen molar-refractivity contribution in [2.75, 3.05) is 0 Å². The van der Waals surface area contributed by atoms with Crippen LogP contribution in [0.4, 0.5) is 0 Å². The van der Waals surface area contributed by atoms with E-state index in [4.69, 9.17) is 5.73 Å². The summed E-state index contributed by atoms with van der Waals surface area (Å²) in [7, 11) is 0. The number of ketones is 2. The van der Waals surface area contributed by atoms with Crippen LogP contribution in [0, 0.1) is 0 Å². The Bertz CT molecular complexity index is 839. The van der Waals surface area contributed by atoms with Crippen LogP contribution < -0.4 is 5.73 Å². The predicted octanol–water partition coefficient (Wildman–Crippen LogP) is 2.06. The Morgan fingerprint density at radius 3 is 2.14 bits per heavy atom. The van der Waals surface area contributed by atoms with Gasteiger partial charge >= 0.3 is 0 Å². The molecule has 0 aliphatic heterocycles. The molecule has 22 heavy (non-hydrogen) atoms. The SMILES string of the molecule is C=CC(N)c1cccc2c1C(=O)c1c(O)ccc(O)c1C2=O. The first kappa shape index (κ1) is 14.0. The maximum atomic E-state index is 12.8. The molecule has 3 rings (SSSR count). The van der Waals surface area contributed by atoms with E-state index in [0.29, 0.717) is 5.56 Å². The standard InChI is InChI=1S/C17H13NO4/c1-2-10(18)8-4-3-5-9-13(8)17(22)15-12(20)7-6-11(19)14(15)16(9)21/h2-7,10,19-20H,1,18H2. The molecule has 0 saturated carbocycles. The number of rotatable bonds is 2. The second kappa shape index (κ2) is 4.82. The maximum absolute atomic E-state index is 12.8. The molecule has 0 saturated heterocycles. The third kappa shape index (κ3) is 1.76. The van der Waals surface area contributed by atoms with Crippen LogP contribution in [-0.2, 0) is 0 Å². The van der Waals surface area contributed by atoms with E-state index >= 15 is 0 Å². The highest BCUT2D eigenvalue weighted by atomic mass is 16.3. The van der Waals surface area contributed by atoms with Crippen LogP contribution in [-0.4, -0.2) is 21.8 Å². The number of aromatic hydroxyl groups is 2. The zero-order valence-corrected chi connectivity index (χ0v) is 11.5. The normalized spacial score (nSPS) is 14.2. The Balaban J connectivity index is 2.37. The van der Waals surface area contributed by atoms with Gasteiger partial charge in [0, 0.05) is 17.2 Å². The average Bonchev–Trinajstić information content (AvgIpc) is 2.53. The van der Waals surface area contributed by atoms with E-state index in [9.17, 15) is 19.8 Å². The fourth-order valence-corrected chi connectivity index (χ4v) is 2.72. The summed E-state index contributed by atoms with van der Waals surface area (Å²) in [6.45, 7) is 3.60. The summed E-state index contributed by atoms with van der Waals surface area (Å²) in [4.78, 5) is 25.4. The Morgan fingerprint density at radius 1 is 0.955 bits per heavy atom. The Hall–Kier alpha value is -2.92. The van der Waals surface area contributed by atoms with Crippen molar-refractivity contribution in [1.29, 1.82) is 0 Å². The second-order valence-electron chi connectivity index (χ2n) is 5.04. The van der Waals surface area contributed by atoms with Gasteiger partial charge in [-0.15, -0.1) is 6.58 Å². The molecule has 5 heteroatoms. The molecule has 1 unspecified atom stereocenters. The molecular weight excluding hydrogens is 282 g/mol. The van der Waals surface area contributed by atoms with E-state index in [0.717, 1.165) is 0 Å². The molecule has 1 atom stereocenters. The molecule has 5 nitrogen and oxygen atoms in total. The summed E-state index contributed by atoms with van der Waals surface area (Å²) in [5.74, 6) is -1.74. The molecule has 0 spiro atoms. The minimum atomic E-state index is -0.618. The van der Waals surface area contributed by atoms with Crippen molar-refractivity contribution in [1.82, 2.24) is 0 Å². The van der Waals surface area contributed by atoms with Gasteiger partial charge in [0.25, 0.3) is 0 Å². The number of carbonyl (C=O) groups is 2. The zero-order chi connectivity index (χ0) is 16.0. The quantitative estimate of drug-likeness (QED) is 0.496. The number of carbonyl (C=O) groups excluding carboxylic acids is 2. The topological polar surface area (TPSA) is 101 Å². The molecule has 1 aliphatic carbocycles. The minimum absolute atomic E-state index is 0.147. The third-order valence-electron chi connectivity index (χ3n) is 3.80. The van der Waals surface area contributed by atoms with Crippen molar-refractivity contribution in [3.05, 3.63) is 70.8 Å². The molecule has 0 bridgehead atoms. The van der Waals surface area contributed by atoms with Crippen molar-refractivity contribution in [3.8, 4) is 11.5 Å². The smallest absolute Gasteiger partial charge is 0.198 e. The van der Waals surface area contributed by atoms with E-state index in [1.807, 2.05) is 0 Å². The molecule has 4 N–H and O–H groups in total. The summed E-state index contributed by atoms with van der Waals surface area (Å²) in [6.07, 6.45) is 1.46. The predicted molar refractivity (Wildman–Crippen MR) is 80.2 cm³/mol. The Kier molecular flexibility index (Phi) is 3.08. The zero-order valence-electron chi connectivity index (χ0n) is 11.5. The number of hydrogen-bond acceptors (Lipinski definition) is 5. The van der Waals surface area contributed by atoms with Gasteiger partial charge in [-0.3, -0.25) is 9.59 Å². The van der Waals surface area contributed by atoms with Gasteiger partial charge in [-0.2, -0.15) is 0 Å². The van der Waals surface area contributed by atoms with Gasteiger partial charge in [0.2, 0.25) is 0 Å². The van der Waals surface area contributed by atoms with Gasteiger partial charge in [-0.1, -0.05) is 24.3 Å². The molecule has 0 fully saturated rings. The Morgan fingerprint density at radius 2 is 1.55 bits per heavy atom. The van der Waals surface area contributed by atoms with Crippen molar-refractivity contribution < 1.29 is 19.8 Å². The molecule has 2 aromatic rings. The first-order valence-corrected chi connectivity index (χ1v) is 6.62. The average molecular weight is 295 g/mol. The van der Waals surface area contributed by atoms with Gasteiger partial charge in [-0.05, 0) is 17.7 Å². The van der Waals surface area contributed by atoms with Crippen LogP contribution in [0.2, 0.25) is 0 Å². The molecule has 1 aliphatic rings. The fraction of sp³-hybridized carbons (Fsp3) is 0.0588. The number of phenolic OH excluding ortho intramolecular Hbond substituents is 2. The van der Waals surface area contributed by atoms with Crippen LogP contribution in [0.25, 0.3) is 0 Å². The lowest BCUT2D eigenvalue weighted by Crippen LogP contribution is -2.24. The lowest BCUT2D eigenvalue weighted by Gasteiger charge is -2.22. The summed E-state index contributed by atoms with van der Waals surface area (Å²) < 4.78 is 0. The molecule has 0 radical (unpaired) electrons. The van der Waals surface area contributed by atoms with Gasteiger partial charge in [0.1, 0.15) is 11.5 Å². The third-order valence-corrected chi connectivity index (χ3v) is 3.80. The lowest BCUT2D eigenvalue weighted by atomic mass is 9.80. The second-order valence-corrected chi connectivity index (χ2v) is 5.04. The monoisotopic (exact) mass is 295 g/mol. The first-order valence-electron chi connectivity index (χ1n) is 6.62. The number of phenols is 2. The van der Waals surface area contributed by atoms with E-state index in [2.05, 4.69) is 6.58 Å². The van der Waals surface area contributed by atoms with Gasteiger partial charge in [0.15, 0.2) is 11.6 Å². The number of hydrogen-bond donors (Lipinski definition) is 3. The summed E-state index contributed by atoms with van der Waals surface area (Å²) in [5, 5.41) is 19.8. The van der Waals surface area contributed by atoms with Crippen molar-refractivity contribution in [2.24, 2.45) is 5.73 Å². The van der Waals surface area contributed by atoms with Crippen LogP contribution >= 0.6 is 0 Å². The van der Waals surface area contributed by atoms with Gasteiger partial charge < -0.3 is 15.9 Å². The number of fused-ring (bicyclic) bond motifs is 2. The number of nitrogens with two attached hydrogens (primary N) is 1. The highest BCUT2D eigenvalue weighted by Crippen LogP contribution is 2.39. The van der Waals surface area contributed by atoms with Crippen molar-refractivity contribution in [2.45, 2.75) is 6.04 Å². The first-order chi connectivity index (χ1) is 10.5. The lowest BCUT2D eigenvalue weighted by molar-refractivity contribution is 0.0973. The highest BCUT2D eigenvalue weighted by molar-refractivity contribution is 6.30. The van der Waals surface area contributed by atoms with Crippen LogP contribution in [0.1, 0.15) is 43.4 Å². The fourth-order valence-electron chi connectivity index (χ4n) is 2.72. The van der Waals surface area contributed by atoms with E-state index in [1.165, 1.54) is 24.3 Å². The van der Waals surface area contributed by atoms with Gasteiger partial charge in [0.05, 0.1) is 11.1 Å². The van der Waals surface area contributed by atoms with Crippen LogP contribution in [0.15, 0.2) is 43.0 Å². The van der Waals surface area contributed by atoms with E-state index in [-0.39, 0.29) is 33.8 Å². The Labute approximate surface area is 126 Å². The van der Waals surface area contributed by atoms with Gasteiger partial charge in [-0.25, -0.2) is 0 Å². The molecule has 0 amide bonds. The number of benzene rings is 2. The molecule has 110 valence electrons. The summed E-state index contributed by atoms with van der Waals surface area (Å²) >= 11 is 0. The van der Waals surface area contributed by atoms with E-state index < -0.39 is 17.6 Å². The summed E-state index contributed by atoms with van der Waals surface area (Å²) in [5.41, 5.74) is 6.31.